The highest BCUT2D eigenvalue weighted by Gasteiger charge is 2.47. The number of aryl methyl sites for hydroxylation is 1. The third-order valence-electron chi connectivity index (χ3n) is 4.55. The van der Waals surface area contributed by atoms with Crippen LogP contribution in [0.2, 0.25) is 0 Å². The van der Waals surface area contributed by atoms with Crippen LogP contribution in [0.3, 0.4) is 0 Å². The van der Waals surface area contributed by atoms with E-state index in [4.69, 9.17) is 0 Å². The predicted octanol–water partition coefficient (Wildman–Crippen LogP) is 2.92. The first kappa shape index (κ1) is 19.3. The normalized spacial score (nSPS) is 19.1. The average Bonchev–Trinajstić information content (AvgIpc) is 2.89. The molecule has 2 aromatic rings. The standard InChI is InChI=1S/C21H22N4O3/c1-15(26)23-18-10-8-17(9-11-18)14-22-25-19(27)21(2,24-20(25)28)13-12-16-6-4-3-5-7-16/h3-11,14H,12-13H2,1-2H3,(H,23,26)(H,24,28)/b22-14-/t21-/m0/s1. The largest absolute Gasteiger partial charge is 0.346 e. The Labute approximate surface area is 163 Å². The van der Waals surface area contributed by atoms with Gasteiger partial charge >= 0.3 is 6.03 Å². The molecule has 0 bridgehead atoms. The van der Waals surface area contributed by atoms with Crippen molar-refractivity contribution >= 4 is 29.7 Å². The monoisotopic (exact) mass is 378 g/mol. The lowest BCUT2D eigenvalue weighted by molar-refractivity contribution is -0.131. The number of imide groups is 1. The minimum atomic E-state index is -0.987. The summed E-state index contributed by atoms with van der Waals surface area (Å²) in [6.07, 6.45) is 2.60. The van der Waals surface area contributed by atoms with Crippen molar-refractivity contribution in [1.29, 1.82) is 0 Å². The van der Waals surface area contributed by atoms with E-state index in [0.717, 1.165) is 10.6 Å². The molecule has 1 aliphatic heterocycles. The molecule has 0 spiro atoms. The first-order valence-corrected chi connectivity index (χ1v) is 9.00. The van der Waals surface area contributed by atoms with E-state index >= 15 is 0 Å². The van der Waals surface area contributed by atoms with Gasteiger partial charge in [-0.1, -0.05) is 42.5 Å². The zero-order valence-electron chi connectivity index (χ0n) is 15.8. The molecule has 1 heterocycles. The van der Waals surface area contributed by atoms with Gasteiger partial charge in [0, 0.05) is 12.6 Å². The van der Waals surface area contributed by atoms with Gasteiger partial charge in [0.2, 0.25) is 5.91 Å². The first-order chi connectivity index (χ1) is 13.4. The average molecular weight is 378 g/mol. The third kappa shape index (κ3) is 4.43. The van der Waals surface area contributed by atoms with Crippen molar-refractivity contribution in [2.45, 2.75) is 32.2 Å². The summed E-state index contributed by atoms with van der Waals surface area (Å²) >= 11 is 0. The highest BCUT2D eigenvalue weighted by atomic mass is 16.2. The van der Waals surface area contributed by atoms with Crippen LogP contribution in [0.1, 0.15) is 31.4 Å². The summed E-state index contributed by atoms with van der Waals surface area (Å²) < 4.78 is 0. The summed E-state index contributed by atoms with van der Waals surface area (Å²) in [6.45, 7) is 3.15. The zero-order valence-corrected chi connectivity index (χ0v) is 15.8. The molecule has 1 fully saturated rings. The van der Waals surface area contributed by atoms with Gasteiger partial charge in [-0.15, -0.1) is 5.01 Å². The van der Waals surface area contributed by atoms with E-state index in [-0.39, 0.29) is 11.8 Å². The summed E-state index contributed by atoms with van der Waals surface area (Å²) in [5.74, 6) is -0.532. The Balaban J connectivity index is 1.65. The lowest BCUT2D eigenvalue weighted by Gasteiger charge is -2.20. The summed E-state index contributed by atoms with van der Waals surface area (Å²) in [7, 11) is 0. The molecule has 0 aromatic heterocycles. The van der Waals surface area contributed by atoms with Crippen LogP contribution in [0.25, 0.3) is 0 Å². The van der Waals surface area contributed by atoms with Gasteiger partial charge in [-0.2, -0.15) is 5.10 Å². The molecule has 4 amide bonds. The lowest BCUT2D eigenvalue weighted by atomic mass is 9.93. The van der Waals surface area contributed by atoms with Crippen molar-refractivity contribution in [2.75, 3.05) is 5.32 Å². The number of benzene rings is 2. The number of rotatable bonds is 6. The Morgan fingerprint density at radius 2 is 1.82 bits per heavy atom. The fraction of sp³-hybridized carbons (Fsp3) is 0.238. The molecule has 144 valence electrons. The fourth-order valence-electron chi connectivity index (χ4n) is 2.96. The molecule has 3 rings (SSSR count). The Morgan fingerprint density at radius 3 is 2.46 bits per heavy atom. The van der Waals surface area contributed by atoms with Crippen LogP contribution in [0.5, 0.6) is 0 Å². The highest BCUT2D eigenvalue weighted by Crippen LogP contribution is 2.23. The Hall–Kier alpha value is -3.48. The smallest absolute Gasteiger partial charge is 0.326 e. The van der Waals surface area contributed by atoms with E-state index in [1.807, 2.05) is 30.3 Å². The number of hydrogen-bond donors (Lipinski definition) is 2. The first-order valence-electron chi connectivity index (χ1n) is 9.00. The number of nitrogens with zero attached hydrogens (tertiary/aromatic N) is 2. The van der Waals surface area contributed by atoms with Crippen LogP contribution in [0.15, 0.2) is 59.7 Å². The maximum Gasteiger partial charge on any atom is 0.346 e. The summed E-state index contributed by atoms with van der Waals surface area (Å²) in [5, 5.41) is 10.3. The van der Waals surface area contributed by atoms with Gasteiger partial charge in [0.05, 0.1) is 6.21 Å². The van der Waals surface area contributed by atoms with Gasteiger partial charge in [-0.05, 0) is 43.0 Å². The summed E-state index contributed by atoms with van der Waals surface area (Å²) in [6, 6.07) is 16.2. The molecule has 28 heavy (non-hydrogen) atoms. The number of urea groups is 1. The molecule has 1 saturated heterocycles. The second-order valence-electron chi connectivity index (χ2n) is 6.91. The quantitative estimate of drug-likeness (QED) is 0.598. The third-order valence-corrected chi connectivity index (χ3v) is 4.55. The van der Waals surface area contributed by atoms with Crippen LogP contribution in [0, 0.1) is 0 Å². The van der Waals surface area contributed by atoms with Gasteiger partial charge in [0.15, 0.2) is 0 Å². The van der Waals surface area contributed by atoms with E-state index in [2.05, 4.69) is 15.7 Å². The Morgan fingerprint density at radius 1 is 1.14 bits per heavy atom. The van der Waals surface area contributed by atoms with Crippen LogP contribution in [0.4, 0.5) is 10.5 Å². The molecular formula is C21H22N4O3. The predicted molar refractivity (Wildman–Crippen MR) is 107 cm³/mol. The number of anilines is 1. The second-order valence-corrected chi connectivity index (χ2v) is 6.91. The van der Waals surface area contributed by atoms with Crippen LogP contribution in [-0.2, 0) is 16.0 Å². The van der Waals surface area contributed by atoms with Crippen molar-refractivity contribution < 1.29 is 14.4 Å². The molecule has 7 nitrogen and oxygen atoms in total. The molecule has 0 radical (unpaired) electrons. The van der Waals surface area contributed by atoms with Crippen molar-refractivity contribution in [2.24, 2.45) is 5.10 Å². The molecule has 1 atom stereocenters. The number of amides is 4. The fourth-order valence-corrected chi connectivity index (χ4v) is 2.96. The highest BCUT2D eigenvalue weighted by molar-refractivity contribution is 6.07. The maximum absolute atomic E-state index is 12.7. The van der Waals surface area contributed by atoms with Gasteiger partial charge in [-0.25, -0.2) is 4.79 Å². The Kier molecular flexibility index (Phi) is 5.54. The van der Waals surface area contributed by atoms with Gasteiger partial charge in [-0.3, -0.25) is 9.59 Å². The van der Waals surface area contributed by atoms with E-state index in [9.17, 15) is 14.4 Å². The summed E-state index contributed by atoms with van der Waals surface area (Å²) in [5.41, 5.74) is 1.48. The maximum atomic E-state index is 12.7. The lowest BCUT2D eigenvalue weighted by Crippen LogP contribution is -2.44. The summed E-state index contributed by atoms with van der Waals surface area (Å²) in [4.78, 5) is 36.0. The topological polar surface area (TPSA) is 90.9 Å². The molecule has 7 heteroatoms. The van der Waals surface area contributed by atoms with E-state index < -0.39 is 11.6 Å². The van der Waals surface area contributed by atoms with Crippen molar-refractivity contribution in [3.63, 3.8) is 0 Å². The van der Waals surface area contributed by atoms with Gasteiger partial charge in [0.25, 0.3) is 5.91 Å². The van der Waals surface area contributed by atoms with Crippen molar-refractivity contribution in [3.05, 3.63) is 65.7 Å². The number of carbonyl (C=O) groups excluding carboxylic acids is 3. The second kappa shape index (κ2) is 8.04. The Bertz CT molecular complexity index is 909. The SMILES string of the molecule is CC(=O)Nc1ccc(/C=N\N2C(=O)N[C@@](C)(CCc3ccccc3)C2=O)cc1. The minimum Gasteiger partial charge on any atom is -0.326 e. The molecule has 0 unspecified atom stereocenters. The number of hydrazone groups is 1. The molecule has 2 aromatic carbocycles. The van der Waals surface area contributed by atoms with Crippen LogP contribution < -0.4 is 10.6 Å². The van der Waals surface area contributed by atoms with E-state index in [1.165, 1.54) is 13.1 Å². The molecule has 2 N–H and O–H groups in total. The van der Waals surface area contributed by atoms with Crippen molar-refractivity contribution in [1.82, 2.24) is 10.3 Å². The van der Waals surface area contributed by atoms with Gasteiger partial charge < -0.3 is 10.6 Å². The van der Waals surface area contributed by atoms with E-state index in [1.54, 1.807) is 31.2 Å². The van der Waals surface area contributed by atoms with Crippen LogP contribution in [-0.4, -0.2) is 34.6 Å². The molecular weight excluding hydrogens is 356 g/mol. The number of nitrogens with one attached hydrogen (secondary N) is 2. The van der Waals surface area contributed by atoms with Gasteiger partial charge in [0.1, 0.15) is 5.54 Å². The minimum absolute atomic E-state index is 0.157. The number of carbonyl (C=O) groups is 3. The number of hydrogen-bond acceptors (Lipinski definition) is 4. The molecule has 0 saturated carbocycles. The van der Waals surface area contributed by atoms with Crippen molar-refractivity contribution in [3.8, 4) is 0 Å². The van der Waals surface area contributed by atoms with Crippen LogP contribution >= 0.6 is 0 Å². The molecule has 0 aliphatic carbocycles. The zero-order chi connectivity index (χ0) is 20.1. The molecule has 1 aliphatic rings. The van der Waals surface area contributed by atoms with E-state index in [0.29, 0.717) is 24.1 Å².